The van der Waals surface area contributed by atoms with Crippen LogP contribution in [0.5, 0.6) is 0 Å². The van der Waals surface area contributed by atoms with Crippen molar-refractivity contribution in [1.29, 1.82) is 0 Å². The van der Waals surface area contributed by atoms with Crippen LogP contribution in [-0.4, -0.2) is 41.5 Å². The number of aromatic nitrogens is 1. The van der Waals surface area contributed by atoms with E-state index >= 15 is 0 Å². The average molecular weight is 288 g/mol. The highest BCUT2D eigenvalue weighted by molar-refractivity contribution is 5.96. The summed E-state index contributed by atoms with van der Waals surface area (Å²) in [5.41, 5.74) is 1.57. The van der Waals surface area contributed by atoms with E-state index in [2.05, 4.69) is 22.1 Å². The Morgan fingerprint density at radius 2 is 2.14 bits per heavy atom. The maximum Gasteiger partial charge on any atom is 0.278 e. The molecule has 1 atom stereocenters. The second kappa shape index (κ2) is 6.49. The standard InChI is InChI=1S/C15H20N4O2/c1-11(8-10-18(2)3)17-13-6-7-14(19(20)21)12-5-4-9-16-15(12)13/h4-7,9,11,17H,8,10H2,1-3H3. The summed E-state index contributed by atoms with van der Waals surface area (Å²) in [4.78, 5) is 17.1. The Morgan fingerprint density at radius 1 is 1.38 bits per heavy atom. The molecule has 6 heteroatoms. The largest absolute Gasteiger partial charge is 0.381 e. The first-order chi connectivity index (χ1) is 9.99. The summed E-state index contributed by atoms with van der Waals surface area (Å²) in [6.07, 6.45) is 2.64. The molecule has 1 heterocycles. The Bertz CT molecular complexity index is 643. The van der Waals surface area contributed by atoms with E-state index < -0.39 is 0 Å². The minimum atomic E-state index is -0.372. The van der Waals surface area contributed by atoms with Gasteiger partial charge >= 0.3 is 0 Å². The number of non-ortho nitro benzene ring substituents is 1. The first kappa shape index (κ1) is 15.2. The fraction of sp³-hybridized carbons (Fsp3) is 0.400. The molecule has 0 saturated carbocycles. The Balaban J connectivity index is 2.29. The van der Waals surface area contributed by atoms with E-state index in [0.29, 0.717) is 10.9 Å². The van der Waals surface area contributed by atoms with Gasteiger partial charge in [0.25, 0.3) is 5.69 Å². The van der Waals surface area contributed by atoms with Crippen molar-refractivity contribution in [3.05, 3.63) is 40.6 Å². The summed E-state index contributed by atoms with van der Waals surface area (Å²) in [7, 11) is 4.07. The van der Waals surface area contributed by atoms with Crippen LogP contribution < -0.4 is 5.32 Å². The van der Waals surface area contributed by atoms with Crippen LogP contribution in [0.3, 0.4) is 0 Å². The lowest BCUT2D eigenvalue weighted by molar-refractivity contribution is -0.383. The molecule has 1 aromatic carbocycles. The van der Waals surface area contributed by atoms with Crippen molar-refractivity contribution in [3.63, 3.8) is 0 Å². The maximum atomic E-state index is 11.1. The Kier molecular flexibility index (Phi) is 4.70. The van der Waals surface area contributed by atoms with Crippen LogP contribution in [0.25, 0.3) is 10.9 Å². The molecule has 0 aliphatic carbocycles. The molecular weight excluding hydrogens is 268 g/mol. The summed E-state index contributed by atoms with van der Waals surface area (Å²) < 4.78 is 0. The molecule has 2 rings (SSSR count). The molecule has 112 valence electrons. The Labute approximate surface area is 123 Å². The number of hydrogen-bond acceptors (Lipinski definition) is 5. The van der Waals surface area contributed by atoms with Gasteiger partial charge in [-0.15, -0.1) is 0 Å². The van der Waals surface area contributed by atoms with Gasteiger partial charge in [-0.2, -0.15) is 0 Å². The maximum absolute atomic E-state index is 11.1. The number of nitro groups is 1. The topological polar surface area (TPSA) is 71.3 Å². The molecule has 21 heavy (non-hydrogen) atoms. The second-order valence-electron chi connectivity index (χ2n) is 5.43. The van der Waals surface area contributed by atoms with Gasteiger partial charge in [-0.05, 0) is 52.2 Å². The van der Waals surface area contributed by atoms with E-state index in [4.69, 9.17) is 0 Å². The van der Waals surface area contributed by atoms with E-state index in [0.717, 1.165) is 18.7 Å². The fourth-order valence-electron chi connectivity index (χ4n) is 2.22. The van der Waals surface area contributed by atoms with Gasteiger partial charge in [-0.25, -0.2) is 0 Å². The summed E-state index contributed by atoms with van der Waals surface area (Å²) in [6, 6.07) is 6.98. The molecule has 0 radical (unpaired) electrons. The van der Waals surface area contributed by atoms with Crippen molar-refractivity contribution in [2.75, 3.05) is 26.0 Å². The summed E-state index contributed by atoms with van der Waals surface area (Å²) in [5, 5.41) is 15.0. The summed E-state index contributed by atoms with van der Waals surface area (Å²) in [5.74, 6) is 0. The predicted octanol–water partition coefficient (Wildman–Crippen LogP) is 2.90. The highest BCUT2D eigenvalue weighted by Gasteiger charge is 2.15. The summed E-state index contributed by atoms with van der Waals surface area (Å²) in [6.45, 7) is 3.08. The lowest BCUT2D eigenvalue weighted by Crippen LogP contribution is -2.23. The highest BCUT2D eigenvalue weighted by atomic mass is 16.6. The molecular formula is C15H20N4O2. The zero-order valence-corrected chi connectivity index (χ0v) is 12.5. The van der Waals surface area contributed by atoms with E-state index in [1.807, 2.05) is 14.1 Å². The number of anilines is 1. The van der Waals surface area contributed by atoms with Crippen molar-refractivity contribution >= 4 is 22.3 Å². The van der Waals surface area contributed by atoms with Gasteiger partial charge in [0.1, 0.15) is 5.52 Å². The number of benzene rings is 1. The normalized spacial score (nSPS) is 12.6. The van der Waals surface area contributed by atoms with Crippen molar-refractivity contribution in [2.45, 2.75) is 19.4 Å². The van der Waals surface area contributed by atoms with Crippen LogP contribution in [0.4, 0.5) is 11.4 Å². The number of hydrogen-bond donors (Lipinski definition) is 1. The minimum absolute atomic E-state index is 0.0876. The molecule has 0 aliphatic heterocycles. The molecule has 1 unspecified atom stereocenters. The molecule has 2 aromatic rings. The quantitative estimate of drug-likeness (QED) is 0.653. The van der Waals surface area contributed by atoms with Crippen LogP contribution in [0.2, 0.25) is 0 Å². The molecule has 0 saturated heterocycles. The van der Waals surface area contributed by atoms with Gasteiger partial charge < -0.3 is 10.2 Å². The van der Waals surface area contributed by atoms with Crippen molar-refractivity contribution < 1.29 is 4.92 Å². The SMILES string of the molecule is CC(CCN(C)C)Nc1ccc([N+](=O)[O-])c2cccnc12. The zero-order chi connectivity index (χ0) is 15.4. The van der Waals surface area contributed by atoms with E-state index in [9.17, 15) is 10.1 Å². The number of nitrogens with one attached hydrogen (secondary N) is 1. The van der Waals surface area contributed by atoms with Crippen LogP contribution in [0.15, 0.2) is 30.5 Å². The predicted molar refractivity (Wildman–Crippen MR) is 84.7 cm³/mol. The van der Waals surface area contributed by atoms with Crippen LogP contribution in [0.1, 0.15) is 13.3 Å². The fourth-order valence-corrected chi connectivity index (χ4v) is 2.22. The highest BCUT2D eigenvalue weighted by Crippen LogP contribution is 2.30. The van der Waals surface area contributed by atoms with Gasteiger partial charge in [0.15, 0.2) is 0 Å². The van der Waals surface area contributed by atoms with Crippen LogP contribution in [0, 0.1) is 10.1 Å². The van der Waals surface area contributed by atoms with Crippen LogP contribution >= 0.6 is 0 Å². The first-order valence-corrected chi connectivity index (χ1v) is 6.92. The number of nitro benzene ring substituents is 1. The van der Waals surface area contributed by atoms with Gasteiger partial charge in [0, 0.05) is 18.3 Å². The lowest BCUT2D eigenvalue weighted by Gasteiger charge is -2.18. The Morgan fingerprint density at radius 3 is 2.81 bits per heavy atom. The minimum Gasteiger partial charge on any atom is -0.381 e. The van der Waals surface area contributed by atoms with Crippen LogP contribution in [-0.2, 0) is 0 Å². The first-order valence-electron chi connectivity index (χ1n) is 6.92. The second-order valence-corrected chi connectivity index (χ2v) is 5.43. The van der Waals surface area contributed by atoms with Gasteiger partial charge in [-0.3, -0.25) is 15.1 Å². The number of nitrogens with zero attached hydrogens (tertiary/aromatic N) is 3. The van der Waals surface area contributed by atoms with Crippen molar-refractivity contribution in [3.8, 4) is 0 Å². The molecule has 6 nitrogen and oxygen atoms in total. The van der Waals surface area contributed by atoms with E-state index in [1.165, 1.54) is 6.07 Å². The molecule has 0 bridgehead atoms. The van der Waals surface area contributed by atoms with Gasteiger partial charge in [-0.1, -0.05) is 0 Å². The third kappa shape index (κ3) is 3.66. The smallest absolute Gasteiger partial charge is 0.278 e. The third-order valence-corrected chi connectivity index (χ3v) is 3.35. The van der Waals surface area contributed by atoms with Crippen molar-refractivity contribution in [2.24, 2.45) is 0 Å². The number of rotatable bonds is 6. The zero-order valence-electron chi connectivity index (χ0n) is 12.5. The van der Waals surface area contributed by atoms with Gasteiger partial charge in [0.2, 0.25) is 0 Å². The molecule has 1 aromatic heterocycles. The Hall–Kier alpha value is -2.21. The lowest BCUT2D eigenvalue weighted by atomic mass is 10.1. The molecule has 1 N–H and O–H groups in total. The average Bonchev–Trinajstić information content (AvgIpc) is 2.45. The molecule has 0 fully saturated rings. The third-order valence-electron chi connectivity index (χ3n) is 3.35. The molecule has 0 spiro atoms. The summed E-state index contributed by atoms with van der Waals surface area (Å²) >= 11 is 0. The van der Waals surface area contributed by atoms with Crippen molar-refractivity contribution in [1.82, 2.24) is 9.88 Å². The number of pyridine rings is 1. The molecule has 0 amide bonds. The van der Waals surface area contributed by atoms with Gasteiger partial charge in [0.05, 0.1) is 16.0 Å². The monoisotopic (exact) mass is 288 g/mol. The van der Waals surface area contributed by atoms with E-state index in [-0.39, 0.29) is 16.7 Å². The number of fused-ring (bicyclic) bond motifs is 1. The molecule has 0 aliphatic rings. The van der Waals surface area contributed by atoms with E-state index in [1.54, 1.807) is 24.4 Å².